The van der Waals surface area contributed by atoms with E-state index in [-0.39, 0.29) is 42.9 Å². The van der Waals surface area contributed by atoms with Crippen molar-refractivity contribution in [2.45, 2.75) is 25.2 Å². The number of nitrogens with one attached hydrogen (secondary N) is 1. The molecule has 2 aliphatic rings. The van der Waals surface area contributed by atoms with Crippen LogP contribution in [0.3, 0.4) is 0 Å². The third-order valence-electron chi connectivity index (χ3n) is 7.39. The highest BCUT2D eigenvalue weighted by Gasteiger charge is 2.28. The van der Waals surface area contributed by atoms with E-state index in [1.807, 2.05) is 48.5 Å². The van der Waals surface area contributed by atoms with Gasteiger partial charge in [0.2, 0.25) is 0 Å². The molecular weight excluding hydrogens is 488 g/mol. The summed E-state index contributed by atoms with van der Waals surface area (Å²) in [5.74, 6) is -0.993. The molecule has 2 aliphatic heterocycles. The van der Waals surface area contributed by atoms with Gasteiger partial charge in [-0.15, -0.1) is 0 Å². The Morgan fingerprint density at radius 1 is 0.947 bits per heavy atom. The van der Waals surface area contributed by atoms with Crippen LogP contribution in [-0.4, -0.2) is 56.0 Å². The number of hydrogen-bond donors (Lipinski definition) is 1. The van der Waals surface area contributed by atoms with Crippen molar-refractivity contribution in [1.29, 1.82) is 0 Å². The number of likely N-dealkylation sites (tertiary alicyclic amines) is 1. The number of amides is 2. The topological polar surface area (TPSA) is 61.9 Å². The summed E-state index contributed by atoms with van der Waals surface area (Å²) in [6, 6.07) is 19.3. The number of carbonyl (C=O) groups is 2. The van der Waals surface area contributed by atoms with E-state index in [0.717, 1.165) is 55.5 Å². The number of nitrogens with zero attached hydrogens (tertiary/aromatic N) is 2. The van der Waals surface area contributed by atoms with Gasteiger partial charge in [0.25, 0.3) is 11.8 Å². The van der Waals surface area contributed by atoms with E-state index in [4.69, 9.17) is 4.74 Å². The van der Waals surface area contributed by atoms with Crippen molar-refractivity contribution in [3.05, 3.63) is 95.1 Å². The Kier molecular flexibility index (Phi) is 7.98. The number of benzene rings is 3. The molecule has 0 aromatic heterocycles. The lowest BCUT2D eigenvalue weighted by atomic mass is 9.86. The minimum atomic E-state index is -0.883. The van der Waals surface area contributed by atoms with Gasteiger partial charge in [-0.05, 0) is 73.7 Å². The zero-order valence-corrected chi connectivity index (χ0v) is 21.2. The number of carbonyl (C=O) groups excluding carboxylic acids is 2. The van der Waals surface area contributed by atoms with Crippen LogP contribution in [0, 0.1) is 11.6 Å². The summed E-state index contributed by atoms with van der Waals surface area (Å²) in [5.41, 5.74) is 2.70. The van der Waals surface area contributed by atoms with Crippen molar-refractivity contribution in [2.75, 3.05) is 44.2 Å². The van der Waals surface area contributed by atoms with Crippen LogP contribution in [0.25, 0.3) is 0 Å². The summed E-state index contributed by atoms with van der Waals surface area (Å²) in [6.07, 6.45) is 2.03. The molecular formula is C30H31F2N3O3. The van der Waals surface area contributed by atoms with Gasteiger partial charge in [0.05, 0.1) is 5.69 Å². The van der Waals surface area contributed by atoms with Crippen molar-refractivity contribution in [3.63, 3.8) is 0 Å². The second-order valence-corrected chi connectivity index (χ2v) is 9.72. The van der Waals surface area contributed by atoms with Crippen molar-refractivity contribution in [3.8, 4) is 5.75 Å². The normalized spacial score (nSPS) is 16.2. The van der Waals surface area contributed by atoms with Gasteiger partial charge in [0, 0.05) is 25.2 Å². The molecule has 0 saturated carbocycles. The highest BCUT2D eigenvalue weighted by molar-refractivity contribution is 5.98. The summed E-state index contributed by atoms with van der Waals surface area (Å²) in [7, 11) is 0. The van der Waals surface area contributed by atoms with Gasteiger partial charge in [0.15, 0.2) is 18.2 Å². The monoisotopic (exact) mass is 519 g/mol. The largest absolute Gasteiger partial charge is 0.482 e. The van der Waals surface area contributed by atoms with E-state index >= 15 is 0 Å². The fourth-order valence-electron chi connectivity index (χ4n) is 5.32. The zero-order chi connectivity index (χ0) is 26.5. The van der Waals surface area contributed by atoms with Crippen molar-refractivity contribution >= 4 is 17.5 Å². The van der Waals surface area contributed by atoms with E-state index in [1.54, 1.807) is 4.90 Å². The highest BCUT2D eigenvalue weighted by atomic mass is 19.2. The Hall–Kier alpha value is -3.78. The molecule has 0 atom stereocenters. The number of para-hydroxylation sites is 2. The first kappa shape index (κ1) is 25.9. The number of halogens is 2. The molecule has 6 nitrogen and oxygen atoms in total. The fourth-order valence-corrected chi connectivity index (χ4v) is 5.32. The van der Waals surface area contributed by atoms with E-state index < -0.39 is 11.6 Å². The van der Waals surface area contributed by atoms with E-state index in [9.17, 15) is 18.4 Å². The molecule has 1 saturated heterocycles. The molecule has 5 rings (SSSR count). The summed E-state index contributed by atoms with van der Waals surface area (Å²) in [6.45, 7) is 3.41. The summed E-state index contributed by atoms with van der Waals surface area (Å²) in [4.78, 5) is 29.6. The van der Waals surface area contributed by atoms with Crippen LogP contribution in [0.5, 0.6) is 5.75 Å². The Labute approximate surface area is 221 Å². The first-order chi connectivity index (χ1) is 18.5. The fraction of sp³-hybridized carbons (Fsp3) is 0.333. The number of hydrogen-bond acceptors (Lipinski definition) is 4. The van der Waals surface area contributed by atoms with Crippen molar-refractivity contribution in [1.82, 2.24) is 10.2 Å². The zero-order valence-electron chi connectivity index (χ0n) is 21.2. The number of ether oxygens (including phenoxy) is 1. The predicted molar refractivity (Wildman–Crippen MR) is 142 cm³/mol. The van der Waals surface area contributed by atoms with Gasteiger partial charge in [-0.1, -0.05) is 42.5 Å². The molecule has 1 fully saturated rings. The van der Waals surface area contributed by atoms with Crippen LogP contribution in [0.1, 0.15) is 40.2 Å². The molecule has 0 unspecified atom stereocenters. The minimum Gasteiger partial charge on any atom is -0.482 e. The molecule has 2 heterocycles. The van der Waals surface area contributed by atoms with Gasteiger partial charge >= 0.3 is 0 Å². The lowest BCUT2D eigenvalue weighted by molar-refractivity contribution is -0.121. The third kappa shape index (κ3) is 5.70. The standard InChI is InChI=1S/C30H31F2N3O3/c31-25-9-5-6-22(29(25)32)12-15-33-30(37)24-8-2-1-7-23(24)21-13-16-34(17-14-21)18-19-35-26-10-3-4-11-27(26)38-20-28(35)36/h1-11,21H,12-20H2,(H,33,37). The summed E-state index contributed by atoms with van der Waals surface area (Å²) >= 11 is 0. The Morgan fingerprint density at radius 3 is 2.55 bits per heavy atom. The average molecular weight is 520 g/mol. The number of piperidine rings is 1. The molecule has 1 N–H and O–H groups in total. The summed E-state index contributed by atoms with van der Waals surface area (Å²) < 4.78 is 32.9. The maximum atomic E-state index is 13.9. The lowest BCUT2D eigenvalue weighted by Crippen LogP contribution is -2.45. The molecule has 0 spiro atoms. The summed E-state index contributed by atoms with van der Waals surface area (Å²) in [5, 5.41) is 2.87. The van der Waals surface area contributed by atoms with Crippen LogP contribution in [0.2, 0.25) is 0 Å². The van der Waals surface area contributed by atoms with Gasteiger partial charge in [-0.25, -0.2) is 8.78 Å². The third-order valence-corrected chi connectivity index (χ3v) is 7.39. The molecule has 0 bridgehead atoms. The SMILES string of the molecule is O=C(NCCc1cccc(F)c1F)c1ccccc1C1CCN(CCN2C(=O)COc3ccccc32)CC1. The Balaban J connectivity index is 1.15. The van der Waals surface area contributed by atoms with Gasteiger partial charge in [-0.2, -0.15) is 0 Å². The van der Waals surface area contributed by atoms with Gasteiger partial charge in [-0.3, -0.25) is 9.59 Å². The molecule has 0 aliphatic carbocycles. The minimum absolute atomic E-state index is 0.0290. The Morgan fingerprint density at radius 2 is 1.71 bits per heavy atom. The molecule has 0 radical (unpaired) electrons. The maximum Gasteiger partial charge on any atom is 0.265 e. The maximum absolute atomic E-state index is 13.9. The van der Waals surface area contributed by atoms with Crippen LogP contribution in [-0.2, 0) is 11.2 Å². The molecule has 8 heteroatoms. The lowest BCUT2D eigenvalue weighted by Gasteiger charge is -2.35. The second kappa shape index (κ2) is 11.7. The van der Waals surface area contributed by atoms with Crippen molar-refractivity contribution < 1.29 is 23.1 Å². The second-order valence-electron chi connectivity index (χ2n) is 9.72. The Bertz CT molecular complexity index is 1310. The number of anilines is 1. The smallest absolute Gasteiger partial charge is 0.265 e. The predicted octanol–water partition coefficient (Wildman–Crippen LogP) is 4.54. The van der Waals surface area contributed by atoms with Crippen LogP contribution in [0.4, 0.5) is 14.5 Å². The van der Waals surface area contributed by atoms with E-state index in [2.05, 4.69) is 10.2 Å². The van der Waals surface area contributed by atoms with Crippen LogP contribution < -0.4 is 15.0 Å². The van der Waals surface area contributed by atoms with Gasteiger partial charge in [0.1, 0.15) is 5.75 Å². The van der Waals surface area contributed by atoms with E-state index in [0.29, 0.717) is 12.1 Å². The van der Waals surface area contributed by atoms with E-state index in [1.165, 1.54) is 12.1 Å². The molecule has 2 amide bonds. The quantitative estimate of drug-likeness (QED) is 0.475. The van der Waals surface area contributed by atoms with Crippen LogP contribution >= 0.6 is 0 Å². The molecule has 3 aromatic rings. The molecule has 198 valence electrons. The molecule has 38 heavy (non-hydrogen) atoms. The molecule has 3 aromatic carbocycles. The first-order valence-corrected chi connectivity index (χ1v) is 13.1. The number of rotatable bonds is 8. The highest BCUT2D eigenvalue weighted by Crippen LogP contribution is 2.33. The van der Waals surface area contributed by atoms with Gasteiger partial charge < -0.3 is 19.9 Å². The van der Waals surface area contributed by atoms with Crippen LogP contribution in [0.15, 0.2) is 66.7 Å². The van der Waals surface area contributed by atoms with Crippen molar-refractivity contribution in [2.24, 2.45) is 0 Å². The number of fused-ring (bicyclic) bond motifs is 1. The first-order valence-electron chi connectivity index (χ1n) is 13.1. The average Bonchev–Trinajstić information content (AvgIpc) is 2.95.